The van der Waals surface area contributed by atoms with Crippen molar-refractivity contribution in [1.82, 2.24) is 14.9 Å². The van der Waals surface area contributed by atoms with E-state index in [-0.39, 0.29) is 11.9 Å². The van der Waals surface area contributed by atoms with Gasteiger partial charge in [0.25, 0.3) is 0 Å². The summed E-state index contributed by atoms with van der Waals surface area (Å²) in [5.41, 5.74) is 2.15. The molecule has 114 valence electrons. The molecule has 2 rings (SSSR count). The van der Waals surface area contributed by atoms with Crippen LogP contribution in [0.2, 0.25) is 0 Å². The van der Waals surface area contributed by atoms with Crippen molar-refractivity contribution < 1.29 is 4.39 Å². The highest BCUT2D eigenvalue weighted by Gasteiger charge is 2.13. The van der Waals surface area contributed by atoms with Gasteiger partial charge in [-0.3, -0.25) is 0 Å². The molecule has 0 radical (unpaired) electrons. The van der Waals surface area contributed by atoms with Gasteiger partial charge in [-0.05, 0) is 43.1 Å². The molecule has 0 saturated carbocycles. The number of benzene rings is 1. The van der Waals surface area contributed by atoms with E-state index in [1.807, 2.05) is 18.5 Å². The molecular weight excluding hydrogens is 265 g/mol. The largest absolute Gasteiger partial charge is 0.335 e. The van der Waals surface area contributed by atoms with E-state index in [0.29, 0.717) is 6.42 Å². The zero-order valence-corrected chi connectivity index (χ0v) is 13.1. The zero-order chi connectivity index (χ0) is 15.2. The zero-order valence-electron chi connectivity index (χ0n) is 13.1. The molecule has 0 aliphatic rings. The number of nitrogens with zero attached hydrogens (tertiary/aromatic N) is 2. The Hall–Kier alpha value is -1.68. The van der Waals surface area contributed by atoms with Gasteiger partial charge in [-0.15, -0.1) is 0 Å². The second-order valence-corrected chi connectivity index (χ2v) is 5.34. The van der Waals surface area contributed by atoms with Gasteiger partial charge in [-0.25, -0.2) is 9.37 Å². The number of hydrogen-bond acceptors (Lipinski definition) is 2. The van der Waals surface area contributed by atoms with Gasteiger partial charge in [0.2, 0.25) is 0 Å². The topological polar surface area (TPSA) is 29.9 Å². The fourth-order valence-electron chi connectivity index (χ4n) is 2.69. The normalized spacial score (nSPS) is 12.6. The maximum atomic E-state index is 13.6. The van der Waals surface area contributed by atoms with E-state index < -0.39 is 0 Å². The van der Waals surface area contributed by atoms with Crippen LogP contribution in [0.3, 0.4) is 0 Å². The lowest BCUT2D eigenvalue weighted by atomic mass is 9.98. The maximum Gasteiger partial charge on any atom is 0.123 e. The number of hydrogen-bond donors (Lipinski definition) is 1. The molecule has 3 nitrogen and oxygen atoms in total. The van der Waals surface area contributed by atoms with Gasteiger partial charge < -0.3 is 9.88 Å². The highest BCUT2D eigenvalue weighted by molar-refractivity contribution is 5.33. The Labute approximate surface area is 126 Å². The van der Waals surface area contributed by atoms with E-state index in [4.69, 9.17) is 0 Å². The van der Waals surface area contributed by atoms with Gasteiger partial charge in [0.1, 0.15) is 11.6 Å². The lowest BCUT2D eigenvalue weighted by Crippen LogP contribution is -2.19. The van der Waals surface area contributed by atoms with Crippen molar-refractivity contribution in [3.63, 3.8) is 0 Å². The van der Waals surface area contributed by atoms with Crippen LogP contribution >= 0.6 is 0 Å². The summed E-state index contributed by atoms with van der Waals surface area (Å²) < 4.78 is 15.8. The first-order valence-corrected chi connectivity index (χ1v) is 7.67. The lowest BCUT2D eigenvalue weighted by molar-refractivity contribution is 0.583. The molecule has 0 fully saturated rings. The highest BCUT2D eigenvalue weighted by atomic mass is 19.1. The molecule has 0 spiro atoms. The minimum absolute atomic E-state index is 0.189. The van der Waals surface area contributed by atoms with Gasteiger partial charge in [0, 0.05) is 31.4 Å². The monoisotopic (exact) mass is 289 g/mol. The molecule has 1 atom stereocenters. The number of imidazole rings is 1. The van der Waals surface area contributed by atoms with Crippen molar-refractivity contribution in [2.45, 2.75) is 46.2 Å². The average molecular weight is 289 g/mol. The van der Waals surface area contributed by atoms with E-state index >= 15 is 0 Å². The van der Waals surface area contributed by atoms with E-state index in [0.717, 1.165) is 36.5 Å². The molecule has 1 N–H and O–H groups in total. The Morgan fingerprint density at radius 3 is 2.86 bits per heavy atom. The predicted octanol–water partition coefficient (Wildman–Crippen LogP) is 3.69. The summed E-state index contributed by atoms with van der Waals surface area (Å²) in [5.74, 6) is 0.804. The Morgan fingerprint density at radius 2 is 2.14 bits per heavy atom. The standard InChI is InChI=1S/C17H24FN3/c1-4-9-21-10-8-20-17(21)12-14-11-15(18)6-7-16(14)13(3)19-5-2/h6-8,10-11,13,19H,4-5,9,12H2,1-3H3. The maximum absolute atomic E-state index is 13.6. The third-order valence-corrected chi connectivity index (χ3v) is 3.70. The van der Waals surface area contributed by atoms with Crippen molar-refractivity contribution in [3.8, 4) is 0 Å². The Morgan fingerprint density at radius 1 is 1.33 bits per heavy atom. The number of halogens is 1. The van der Waals surface area contributed by atoms with E-state index in [9.17, 15) is 4.39 Å². The van der Waals surface area contributed by atoms with Gasteiger partial charge in [-0.2, -0.15) is 0 Å². The summed E-state index contributed by atoms with van der Waals surface area (Å²) in [7, 11) is 0. The summed E-state index contributed by atoms with van der Waals surface area (Å²) in [6, 6.07) is 5.25. The summed E-state index contributed by atoms with van der Waals surface area (Å²) in [6.07, 6.45) is 5.53. The van der Waals surface area contributed by atoms with E-state index in [2.05, 4.69) is 35.6 Å². The SMILES string of the molecule is CCCn1ccnc1Cc1cc(F)ccc1C(C)NCC. The first-order valence-electron chi connectivity index (χ1n) is 7.67. The molecule has 1 aromatic heterocycles. The van der Waals surface area contributed by atoms with E-state index in [1.165, 1.54) is 6.07 Å². The number of aryl methyl sites for hydroxylation is 1. The summed E-state index contributed by atoms with van der Waals surface area (Å²) in [6.45, 7) is 8.17. The third kappa shape index (κ3) is 3.91. The molecule has 0 aliphatic heterocycles. The van der Waals surface area contributed by atoms with Gasteiger partial charge in [-0.1, -0.05) is 19.9 Å². The van der Waals surface area contributed by atoms with Crippen LogP contribution in [-0.4, -0.2) is 16.1 Å². The summed E-state index contributed by atoms with van der Waals surface area (Å²) in [4.78, 5) is 4.43. The van der Waals surface area contributed by atoms with Crippen LogP contribution in [0.15, 0.2) is 30.6 Å². The van der Waals surface area contributed by atoms with Gasteiger partial charge in [0.15, 0.2) is 0 Å². The quantitative estimate of drug-likeness (QED) is 0.842. The van der Waals surface area contributed by atoms with Crippen molar-refractivity contribution >= 4 is 0 Å². The molecule has 2 aromatic rings. The number of nitrogens with one attached hydrogen (secondary N) is 1. The Kier molecular flexibility index (Phi) is 5.51. The molecule has 1 unspecified atom stereocenters. The van der Waals surface area contributed by atoms with Crippen molar-refractivity contribution in [1.29, 1.82) is 0 Å². The molecule has 0 aliphatic carbocycles. The molecule has 0 amide bonds. The van der Waals surface area contributed by atoms with E-state index in [1.54, 1.807) is 6.07 Å². The minimum Gasteiger partial charge on any atom is -0.335 e. The van der Waals surface area contributed by atoms with Crippen LogP contribution in [0.5, 0.6) is 0 Å². The second-order valence-electron chi connectivity index (χ2n) is 5.34. The first-order chi connectivity index (χ1) is 10.2. The van der Waals surface area contributed by atoms with Gasteiger partial charge >= 0.3 is 0 Å². The molecule has 1 aromatic carbocycles. The number of aromatic nitrogens is 2. The average Bonchev–Trinajstić information content (AvgIpc) is 2.87. The van der Waals surface area contributed by atoms with Crippen molar-refractivity contribution in [3.05, 3.63) is 53.4 Å². The summed E-state index contributed by atoms with van der Waals surface area (Å²) in [5, 5.41) is 3.39. The Balaban J connectivity index is 2.29. The lowest BCUT2D eigenvalue weighted by Gasteiger charge is -2.17. The van der Waals surface area contributed by atoms with Gasteiger partial charge in [0.05, 0.1) is 0 Å². The molecule has 1 heterocycles. The van der Waals surface area contributed by atoms with Crippen LogP contribution in [0.25, 0.3) is 0 Å². The first kappa shape index (κ1) is 15.7. The van der Waals surface area contributed by atoms with Crippen LogP contribution in [0.4, 0.5) is 4.39 Å². The molecule has 4 heteroatoms. The fourth-order valence-corrected chi connectivity index (χ4v) is 2.69. The summed E-state index contributed by atoms with van der Waals surface area (Å²) >= 11 is 0. The Bertz CT molecular complexity index is 577. The van der Waals surface area contributed by atoms with Crippen LogP contribution < -0.4 is 5.32 Å². The second kappa shape index (κ2) is 7.36. The predicted molar refractivity (Wildman–Crippen MR) is 83.8 cm³/mol. The molecule has 0 saturated heterocycles. The number of rotatable bonds is 7. The smallest absolute Gasteiger partial charge is 0.123 e. The minimum atomic E-state index is -0.189. The molecule has 0 bridgehead atoms. The van der Waals surface area contributed by atoms with Crippen LogP contribution in [0.1, 0.15) is 50.2 Å². The van der Waals surface area contributed by atoms with Crippen molar-refractivity contribution in [2.24, 2.45) is 0 Å². The van der Waals surface area contributed by atoms with Crippen molar-refractivity contribution in [2.75, 3.05) is 6.54 Å². The van der Waals surface area contributed by atoms with Crippen LogP contribution in [0, 0.1) is 5.82 Å². The third-order valence-electron chi connectivity index (χ3n) is 3.70. The molecule has 21 heavy (non-hydrogen) atoms. The molecular formula is C17H24FN3. The van der Waals surface area contributed by atoms with Crippen LogP contribution in [-0.2, 0) is 13.0 Å². The fraction of sp³-hybridized carbons (Fsp3) is 0.471. The highest BCUT2D eigenvalue weighted by Crippen LogP contribution is 2.21.